The number of rotatable bonds is 6. The van der Waals surface area contributed by atoms with Gasteiger partial charge in [0, 0.05) is 0 Å². The molecular weight excluding hydrogens is 659 g/mol. The van der Waals surface area contributed by atoms with E-state index in [-0.39, 0.29) is 34.0 Å². The van der Waals surface area contributed by atoms with E-state index in [1.54, 1.807) is 0 Å². The van der Waals surface area contributed by atoms with Crippen LogP contribution in [0.25, 0.3) is 44.5 Å². The zero-order chi connectivity index (χ0) is 27.5. The molecule has 0 unspecified atom stereocenters. The first-order valence-corrected chi connectivity index (χ1v) is 15.5. The lowest BCUT2D eigenvalue weighted by Gasteiger charge is -2.24. The Morgan fingerprint density at radius 3 is 0.905 bits per heavy atom. The molecule has 0 heterocycles. The predicted octanol–water partition coefficient (Wildman–Crippen LogP) is 10.7. The van der Waals surface area contributed by atoms with E-state index < -0.39 is 7.55 Å². The van der Waals surface area contributed by atoms with Crippen LogP contribution >= 0.6 is 41.5 Å². The van der Waals surface area contributed by atoms with Gasteiger partial charge in [0.25, 0.3) is 0 Å². The predicted molar refractivity (Wildman–Crippen MR) is 199 cm³/mol. The summed E-state index contributed by atoms with van der Waals surface area (Å²) in [6.45, 7) is 4.45. The SMILES string of the molecule is Br.Br.C=[PH](c1ccc(C)c(-c2ccccc2)c1-c1ccccc1)c1ccc(C)c(-c2ccccc2)c1-c1ccccc1. The highest BCUT2D eigenvalue weighted by Gasteiger charge is 2.21. The Kier molecular flexibility index (Phi) is 10.6. The van der Waals surface area contributed by atoms with Gasteiger partial charge in [0.2, 0.25) is 0 Å². The Morgan fingerprint density at radius 2 is 0.619 bits per heavy atom. The van der Waals surface area contributed by atoms with E-state index in [1.165, 1.54) is 66.2 Å². The summed E-state index contributed by atoms with van der Waals surface area (Å²) in [6.07, 6.45) is 4.98. The normalized spacial score (nSPS) is 10.5. The van der Waals surface area contributed by atoms with Gasteiger partial charge in [0.05, 0.1) is 0 Å². The molecule has 3 heteroatoms. The van der Waals surface area contributed by atoms with Crippen molar-refractivity contribution >= 4 is 58.4 Å². The molecule has 0 bridgehead atoms. The minimum atomic E-state index is -1.44. The number of halogens is 2. The summed E-state index contributed by atoms with van der Waals surface area (Å²) in [6, 6.07) is 52.5. The van der Waals surface area contributed by atoms with Gasteiger partial charge in [-0.25, -0.2) is 0 Å². The highest BCUT2D eigenvalue weighted by molar-refractivity contribution is 8.93. The van der Waals surface area contributed by atoms with Gasteiger partial charge >= 0.3 is 0 Å². The first-order chi connectivity index (χ1) is 19.6. The van der Waals surface area contributed by atoms with E-state index in [2.05, 4.69) is 159 Å². The van der Waals surface area contributed by atoms with Crippen LogP contribution in [-0.4, -0.2) is 6.30 Å². The average molecular weight is 694 g/mol. The zero-order valence-corrected chi connectivity index (χ0v) is 28.3. The number of aryl methyl sites for hydroxylation is 2. The first-order valence-electron chi connectivity index (χ1n) is 13.8. The topological polar surface area (TPSA) is 0 Å². The second-order valence-corrected chi connectivity index (χ2v) is 12.3. The van der Waals surface area contributed by atoms with Crippen LogP contribution < -0.4 is 10.6 Å². The molecule has 42 heavy (non-hydrogen) atoms. The van der Waals surface area contributed by atoms with Gasteiger partial charge in [-0.2, -0.15) is 0 Å². The minimum Gasteiger partial charge on any atom is -0.114 e. The molecule has 0 fully saturated rings. The monoisotopic (exact) mass is 692 g/mol. The number of hydrogen-bond donors (Lipinski definition) is 0. The molecule has 0 N–H and O–H groups in total. The molecule has 6 aromatic carbocycles. The molecule has 0 aliphatic heterocycles. The van der Waals surface area contributed by atoms with Crippen molar-refractivity contribution in [3.05, 3.63) is 157 Å². The van der Waals surface area contributed by atoms with Crippen LogP contribution in [0, 0.1) is 13.8 Å². The van der Waals surface area contributed by atoms with Crippen molar-refractivity contribution in [2.75, 3.05) is 0 Å². The van der Waals surface area contributed by atoms with Gasteiger partial charge < -0.3 is 0 Å². The van der Waals surface area contributed by atoms with Crippen molar-refractivity contribution in [1.29, 1.82) is 0 Å². The van der Waals surface area contributed by atoms with Crippen molar-refractivity contribution in [2.24, 2.45) is 0 Å². The van der Waals surface area contributed by atoms with E-state index in [4.69, 9.17) is 6.30 Å². The van der Waals surface area contributed by atoms with E-state index in [0.29, 0.717) is 0 Å². The molecule has 0 aliphatic carbocycles. The molecular formula is C39H35Br2P. The molecule has 0 amide bonds. The highest BCUT2D eigenvalue weighted by Crippen LogP contribution is 2.42. The van der Waals surface area contributed by atoms with E-state index in [9.17, 15) is 0 Å². The van der Waals surface area contributed by atoms with Crippen LogP contribution in [0.1, 0.15) is 11.1 Å². The highest BCUT2D eigenvalue weighted by atomic mass is 79.9. The second kappa shape index (κ2) is 14.2. The Bertz CT molecular complexity index is 1660. The summed E-state index contributed by atoms with van der Waals surface area (Å²) >= 11 is 0. The van der Waals surface area contributed by atoms with E-state index in [0.717, 1.165) is 0 Å². The van der Waals surface area contributed by atoms with Gasteiger partial charge in [-0.3, -0.25) is 0 Å². The summed E-state index contributed by atoms with van der Waals surface area (Å²) in [5.41, 5.74) is 12.7. The zero-order valence-electron chi connectivity index (χ0n) is 23.9. The van der Waals surface area contributed by atoms with Crippen LogP contribution in [0.15, 0.2) is 146 Å². The molecule has 0 saturated heterocycles. The van der Waals surface area contributed by atoms with Crippen LogP contribution in [-0.2, 0) is 0 Å². The molecule has 0 nitrogen and oxygen atoms in total. The van der Waals surface area contributed by atoms with Gasteiger partial charge in [0.15, 0.2) is 0 Å². The third kappa shape index (κ3) is 6.18. The Morgan fingerprint density at radius 1 is 0.357 bits per heavy atom. The molecule has 210 valence electrons. The second-order valence-electron chi connectivity index (χ2n) is 10.3. The number of hydrogen-bond acceptors (Lipinski definition) is 0. The van der Waals surface area contributed by atoms with Crippen molar-refractivity contribution < 1.29 is 0 Å². The quantitative estimate of drug-likeness (QED) is 0.152. The molecule has 0 spiro atoms. The standard InChI is InChI=1S/C39H33P.2BrH/c1-28-24-26-34(38(32-20-12-6-13-21-32)36(28)30-16-8-4-9-17-30)40(3)35-27-25-29(2)37(31-18-10-5-11-19-31)39(35)33-22-14-7-15-23-33;;/h4-27,40H,3H2,1-2H3;2*1H. The average Bonchev–Trinajstić information content (AvgIpc) is 3.02. The summed E-state index contributed by atoms with van der Waals surface area (Å²) < 4.78 is 0. The van der Waals surface area contributed by atoms with E-state index in [1.807, 2.05) is 0 Å². The summed E-state index contributed by atoms with van der Waals surface area (Å²) in [4.78, 5) is 0. The molecule has 0 radical (unpaired) electrons. The summed E-state index contributed by atoms with van der Waals surface area (Å²) in [7, 11) is -1.44. The van der Waals surface area contributed by atoms with Crippen LogP contribution in [0.3, 0.4) is 0 Å². The number of benzene rings is 6. The van der Waals surface area contributed by atoms with Crippen LogP contribution in [0.2, 0.25) is 0 Å². The Balaban J connectivity index is 0.00000202. The third-order valence-electron chi connectivity index (χ3n) is 7.73. The Labute approximate surface area is 272 Å². The first kappa shape index (κ1) is 31.5. The molecule has 0 aromatic heterocycles. The van der Waals surface area contributed by atoms with E-state index >= 15 is 0 Å². The van der Waals surface area contributed by atoms with Crippen molar-refractivity contribution in [3.63, 3.8) is 0 Å². The van der Waals surface area contributed by atoms with Crippen LogP contribution in [0.4, 0.5) is 0 Å². The molecule has 6 rings (SSSR count). The van der Waals surface area contributed by atoms with Gasteiger partial charge in [-0.1, -0.05) is 159 Å². The third-order valence-corrected chi connectivity index (χ3v) is 9.86. The van der Waals surface area contributed by atoms with Gasteiger partial charge in [-0.05, 0) is 80.1 Å². The lowest BCUT2D eigenvalue weighted by Crippen LogP contribution is -2.15. The summed E-state index contributed by atoms with van der Waals surface area (Å²) in [5, 5.41) is 2.67. The summed E-state index contributed by atoms with van der Waals surface area (Å²) in [5.74, 6) is 0. The lowest BCUT2D eigenvalue weighted by molar-refractivity contribution is 1.46. The molecule has 0 atom stereocenters. The smallest absolute Gasteiger partial charge is 0.00256 e. The van der Waals surface area contributed by atoms with Crippen molar-refractivity contribution in [1.82, 2.24) is 0 Å². The largest absolute Gasteiger partial charge is 0.114 e. The fourth-order valence-electron chi connectivity index (χ4n) is 5.82. The maximum absolute atomic E-state index is 4.98. The fraction of sp³-hybridized carbons (Fsp3) is 0.0513. The van der Waals surface area contributed by atoms with Crippen molar-refractivity contribution in [3.8, 4) is 44.5 Å². The van der Waals surface area contributed by atoms with Crippen LogP contribution in [0.5, 0.6) is 0 Å². The minimum absolute atomic E-state index is 0. The Hall–Kier alpha value is -3.42. The molecule has 0 aliphatic rings. The molecule has 6 aromatic rings. The lowest BCUT2D eigenvalue weighted by atomic mass is 9.91. The van der Waals surface area contributed by atoms with Crippen molar-refractivity contribution in [2.45, 2.75) is 13.8 Å². The maximum atomic E-state index is 4.98. The maximum Gasteiger partial charge on any atom is -0.00256 e. The fourth-order valence-corrected chi connectivity index (χ4v) is 7.83. The van der Waals surface area contributed by atoms with Gasteiger partial charge in [0.1, 0.15) is 0 Å². The molecule has 0 saturated carbocycles. The van der Waals surface area contributed by atoms with Gasteiger partial charge in [-0.15, -0.1) is 34.0 Å².